The number of rotatable bonds is 10. The summed E-state index contributed by atoms with van der Waals surface area (Å²) in [6, 6.07) is 0.784. The van der Waals surface area contributed by atoms with Crippen LogP contribution >= 0.6 is 35.6 Å². The average molecular weight is 511 g/mol. The zero-order valence-electron chi connectivity index (χ0n) is 14.3. The molecule has 0 radical (unpaired) electrons. The van der Waals surface area contributed by atoms with Gasteiger partial charge in [-0.05, 0) is 19.4 Å². The van der Waals surface area contributed by atoms with Gasteiger partial charge in [-0.1, -0.05) is 11.6 Å². The van der Waals surface area contributed by atoms with Crippen molar-refractivity contribution in [3.05, 3.63) is 22.8 Å². The van der Waals surface area contributed by atoms with Gasteiger partial charge in [-0.15, -0.1) is 24.0 Å². The van der Waals surface area contributed by atoms with Gasteiger partial charge in [0.2, 0.25) is 5.88 Å². The first-order valence-corrected chi connectivity index (χ1v) is 8.19. The van der Waals surface area contributed by atoms with E-state index in [1.165, 1.54) is 0 Å². The van der Waals surface area contributed by atoms with E-state index in [0.717, 1.165) is 12.5 Å². The van der Waals surface area contributed by atoms with Gasteiger partial charge in [-0.2, -0.15) is 13.2 Å². The second-order valence-corrected chi connectivity index (χ2v) is 5.36. The largest absolute Gasteiger partial charge is 0.477 e. The molecule has 0 unspecified atom stereocenters. The van der Waals surface area contributed by atoms with Gasteiger partial charge in [0.25, 0.3) is 0 Å². The molecule has 6 nitrogen and oxygen atoms in total. The second-order valence-electron chi connectivity index (χ2n) is 4.95. The highest BCUT2D eigenvalue weighted by atomic mass is 127. The van der Waals surface area contributed by atoms with Crippen LogP contribution in [0.25, 0.3) is 0 Å². The lowest BCUT2D eigenvalue weighted by Crippen LogP contribution is -2.33. The molecule has 26 heavy (non-hydrogen) atoms. The third-order valence-corrected chi connectivity index (χ3v) is 3.20. The number of nitrogens with one attached hydrogen (secondary N) is 1. The Morgan fingerprint density at radius 2 is 2.08 bits per heavy atom. The van der Waals surface area contributed by atoms with E-state index in [4.69, 9.17) is 26.8 Å². The fourth-order valence-corrected chi connectivity index (χ4v) is 1.93. The molecule has 1 aromatic rings. The maximum Gasteiger partial charge on any atom is 0.417 e. The lowest BCUT2D eigenvalue weighted by molar-refractivity contribution is -0.137. The molecule has 0 bridgehead atoms. The van der Waals surface area contributed by atoms with Crippen LogP contribution in [0, 0.1) is 0 Å². The SMILES string of the molecule is CCOCCCNC(N)=NCCCOc1ncc(C(F)(F)F)cc1Cl.I. The smallest absolute Gasteiger partial charge is 0.417 e. The molecule has 3 N–H and O–H groups in total. The van der Waals surface area contributed by atoms with Gasteiger partial charge in [-0.25, -0.2) is 4.98 Å². The van der Waals surface area contributed by atoms with E-state index in [-0.39, 0.29) is 41.5 Å². The lowest BCUT2D eigenvalue weighted by Gasteiger charge is -2.10. The lowest BCUT2D eigenvalue weighted by atomic mass is 10.3. The molecule has 0 aliphatic heterocycles. The third kappa shape index (κ3) is 10.2. The summed E-state index contributed by atoms with van der Waals surface area (Å²) < 4.78 is 47.9. The highest BCUT2D eigenvalue weighted by molar-refractivity contribution is 14.0. The van der Waals surface area contributed by atoms with Gasteiger partial charge in [-0.3, -0.25) is 4.99 Å². The van der Waals surface area contributed by atoms with Crippen molar-refractivity contribution in [1.29, 1.82) is 0 Å². The number of ether oxygens (including phenoxy) is 2. The van der Waals surface area contributed by atoms with Gasteiger partial charge in [0.1, 0.15) is 5.02 Å². The topological polar surface area (TPSA) is 81.8 Å². The Bertz CT molecular complexity index is 562. The molecule has 1 rings (SSSR count). The molecule has 0 amide bonds. The monoisotopic (exact) mass is 510 g/mol. The number of nitrogens with zero attached hydrogens (tertiary/aromatic N) is 2. The maximum absolute atomic E-state index is 12.5. The van der Waals surface area contributed by atoms with Crippen molar-refractivity contribution in [2.24, 2.45) is 10.7 Å². The van der Waals surface area contributed by atoms with Crippen LogP contribution in [-0.4, -0.2) is 43.9 Å². The molecular formula is C15H23ClF3IN4O2. The fraction of sp³-hybridized carbons (Fsp3) is 0.600. The van der Waals surface area contributed by atoms with Crippen LogP contribution < -0.4 is 15.8 Å². The number of alkyl halides is 3. The Morgan fingerprint density at radius 3 is 2.69 bits per heavy atom. The summed E-state index contributed by atoms with van der Waals surface area (Å²) in [5, 5.41) is 2.76. The average Bonchev–Trinajstić information content (AvgIpc) is 2.54. The first-order chi connectivity index (χ1) is 11.8. The van der Waals surface area contributed by atoms with Crippen LogP contribution in [0.2, 0.25) is 5.02 Å². The molecule has 0 spiro atoms. The van der Waals surface area contributed by atoms with E-state index in [1.54, 1.807) is 0 Å². The quantitative estimate of drug-likeness (QED) is 0.218. The molecule has 150 valence electrons. The molecular weight excluding hydrogens is 488 g/mol. The van der Waals surface area contributed by atoms with E-state index in [2.05, 4.69) is 15.3 Å². The Hall–Kier alpha value is -1.01. The molecule has 1 aromatic heterocycles. The Kier molecular flexibility index (Phi) is 12.7. The third-order valence-electron chi connectivity index (χ3n) is 2.93. The number of guanidine groups is 1. The summed E-state index contributed by atoms with van der Waals surface area (Å²) in [5.41, 5.74) is 4.76. The van der Waals surface area contributed by atoms with Crippen molar-refractivity contribution in [1.82, 2.24) is 10.3 Å². The van der Waals surface area contributed by atoms with E-state index in [1.807, 2.05) is 6.92 Å². The molecule has 0 fully saturated rings. The number of hydrogen-bond acceptors (Lipinski definition) is 4. The van der Waals surface area contributed by atoms with Crippen LogP contribution in [0.3, 0.4) is 0 Å². The zero-order chi connectivity index (χ0) is 18.7. The molecule has 0 aliphatic carbocycles. The minimum atomic E-state index is -4.49. The first kappa shape index (κ1) is 25.0. The minimum absolute atomic E-state index is 0. The summed E-state index contributed by atoms with van der Waals surface area (Å²) in [7, 11) is 0. The Balaban J connectivity index is 0.00000625. The van der Waals surface area contributed by atoms with E-state index < -0.39 is 11.7 Å². The number of aromatic nitrogens is 1. The van der Waals surface area contributed by atoms with Crippen LogP contribution in [0.15, 0.2) is 17.3 Å². The molecule has 0 saturated heterocycles. The van der Waals surface area contributed by atoms with Crippen molar-refractivity contribution in [2.45, 2.75) is 25.9 Å². The number of halogens is 5. The summed E-state index contributed by atoms with van der Waals surface area (Å²) in [6.45, 7) is 4.55. The Morgan fingerprint density at radius 1 is 1.35 bits per heavy atom. The van der Waals surface area contributed by atoms with Crippen LogP contribution in [-0.2, 0) is 10.9 Å². The molecule has 0 aromatic carbocycles. The summed E-state index contributed by atoms with van der Waals surface area (Å²) in [5.74, 6) is 0.280. The number of pyridine rings is 1. The first-order valence-electron chi connectivity index (χ1n) is 7.81. The van der Waals surface area contributed by atoms with Crippen LogP contribution in [0.5, 0.6) is 5.88 Å². The molecule has 0 atom stereocenters. The number of nitrogens with two attached hydrogens (primary N) is 1. The van der Waals surface area contributed by atoms with Crippen LogP contribution in [0.4, 0.5) is 13.2 Å². The zero-order valence-corrected chi connectivity index (χ0v) is 17.4. The second kappa shape index (κ2) is 13.2. The minimum Gasteiger partial charge on any atom is -0.477 e. The normalized spacial score (nSPS) is 11.8. The van der Waals surface area contributed by atoms with E-state index >= 15 is 0 Å². The highest BCUT2D eigenvalue weighted by Crippen LogP contribution is 2.33. The predicted molar refractivity (Wildman–Crippen MR) is 105 cm³/mol. The van der Waals surface area contributed by atoms with Crippen molar-refractivity contribution in [2.75, 3.05) is 32.9 Å². The predicted octanol–water partition coefficient (Wildman–Crippen LogP) is 3.47. The molecule has 1 heterocycles. The van der Waals surface area contributed by atoms with Crippen molar-refractivity contribution in [3.8, 4) is 5.88 Å². The van der Waals surface area contributed by atoms with Gasteiger partial charge in [0.15, 0.2) is 5.96 Å². The van der Waals surface area contributed by atoms with Crippen LogP contribution in [0.1, 0.15) is 25.3 Å². The van der Waals surface area contributed by atoms with Gasteiger partial charge in [0, 0.05) is 38.9 Å². The number of hydrogen-bond donors (Lipinski definition) is 2. The van der Waals surface area contributed by atoms with E-state index in [9.17, 15) is 13.2 Å². The highest BCUT2D eigenvalue weighted by Gasteiger charge is 2.31. The van der Waals surface area contributed by atoms with Crippen molar-refractivity contribution < 1.29 is 22.6 Å². The van der Waals surface area contributed by atoms with Crippen molar-refractivity contribution >= 4 is 41.5 Å². The molecule has 0 aliphatic rings. The standard InChI is InChI=1S/C15H22ClF3N4O2.HI/c1-2-24-7-3-5-21-14(20)22-6-4-8-25-13-12(16)9-11(10-23-13)15(17,18)19;/h9-10H,2-8H2,1H3,(H3,20,21,22);1H. The van der Waals surface area contributed by atoms with E-state index in [0.29, 0.717) is 44.9 Å². The fourth-order valence-electron chi connectivity index (χ4n) is 1.71. The van der Waals surface area contributed by atoms with Gasteiger partial charge >= 0.3 is 6.18 Å². The Labute approximate surface area is 172 Å². The molecule has 0 saturated carbocycles. The van der Waals surface area contributed by atoms with Gasteiger partial charge in [0.05, 0.1) is 12.2 Å². The summed E-state index contributed by atoms with van der Waals surface area (Å²) in [4.78, 5) is 7.69. The summed E-state index contributed by atoms with van der Waals surface area (Å²) in [6.07, 6.45) is -2.47. The molecule has 11 heteroatoms. The maximum atomic E-state index is 12.5. The summed E-state index contributed by atoms with van der Waals surface area (Å²) >= 11 is 5.74. The van der Waals surface area contributed by atoms with Crippen molar-refractivity contribution in [3.63, 3.8) is 0 Å². The van der Waals surface area contributed by atoms with Gasteiger partial charge < -0.3 is 20.5 Å². The number of aliphatic imine (C=N–C) groups is 1.